The molecule has 0 amide bonds. The van der Waals surface area contributed by atoms with Gasteiger partial charge < -0.3 is 5.32 Å². The van der Waals surface area contributed by atoms with Crippen LogP contribution in [0.4, 0.5) is 13.2 Å². The highest BCUT2D eigenvalue weighted by Gasteiger charge is 2.36. The number of hydrogen-bond acceptors (Lipinski definition) is 3. The van der Waals surface area contributed by atoms with Crippen LogP contribution in [-0.4, -0.2) is 37.3 Å². The molecule has 0 radical (unpaired) electrons. The molecule has 1 atom stereocenters. The van der Waals surface area contributed by atoms with Gasteiger partial charge in [-0.3, -0.25) is 4.90 Å². The second-order valence-corrected chi connectivity index (χ2v) is 5.54. The summed E-state index contributed by atoms with van der Waals surface area (Å²) < 4.78 is 38.2. The van der Waals surface area contributed by atoms with Gasteiger partial charge in [-0.1, -0.05) is 0 Å². The molecule has 1 aliphatic heterocycles. The van der Waals surface area contributed by atoms with Crippen LogP contribution >= 0.6 is 11.3 Å². The number of piperazine rings is 1. The average Bonchev–Trinajstić information content (AvgIpc) is 2.72. The summed E-state index contributed by atoms with van der Waals surface area (Å²) in [4.78, 5) is 2.80. The van der Waals surface area contributed by atoms with Crippen LogP contribution in [0, 0.1) is 6.92 Å². The van der Waals surface area contributed by atoms with Gasteiger partial charge in [0.2, 0.25) is 0 Å². The summed E-state index contributed by atoms with van der Waals surface area (Å²) >= 11 is 1.43. The van der Waals surface area contributed by atoms with Crippen molar-refractivity contribution in [2.75, 3.05) is 26.2 Å². The maximum atomic E-state index is 12.7. The van der Waals surface area contributed by atoms with Crippen LogP contribution in [-0.2, 0) is 0 Å². The molecule has 2 nitrogen and oxygen atoms in total. The van der Waals surface area contributed by atoms with Crippen molar-refractivity contribution >= 4 is 11.3 Å². The van der Waals surface area contributed by atoms with Crippen molar-refractivity contribution in [2.24, 2.45) is 0 Å². The number of thiophene rings is 1. The van der Waals surface area contributed by atoms with E-state index in [0.717, 1.165) is 23.5 Å². The Morgan fingerprint density at radius 3 is 2.56 bits per heavy atom. The third kappa shape index (κ3) is 3.46. The van der Waals surface area contributed by atoms with Crippen LogP contribution < -0.4 is 5.32 Å². The van der Waals surface area contributed by atoms with Crippen molar-refractivity contribution in [3.05, 3.63) is 21.9 Å². The molecule has 0 spiro atoms. The number of nitrogens with one attached hydrogen (secondary N) is 1. The maximum absolute atomic E-state index is 12.7. The fraction of sp³-hybridized carbons (Fsp3) is 0.667. The van der Waals surface area contributed by atoms with Crippen molar-refractivity contribution < 1.29 is 13.2 Å². The van der Waals surface area contributed by atoms with Crippen molar-refractivity contribution in [3.8, 4) is 0 Å². The first-order valence-electron chi connectivity index (χ1n) is 6.03. The molecule has 0 saturated carbocycles. The lowest BCUT2D eigenvalue weighted by molar-refractivity contribution is -0.148. The molecule has 6 heteroatoms. The highest BCUT2D eigenvalue weighted by atomic mass is 32.1. The van der Waals surface area contributed by atoms with Crippen LogP contribution in [0.1, 0.15) is 22.9 Å². The average molecular weight is 278 g/mol. The third-order valence-electron chi connectivity index (χ3n) is 3.22. The Bertz CT molecular complexity index is 383. The molecule has 1 fully saturated rings. The first-order valence-corrected chi connectivity index (χ1v) is 6.91. The van der Waals surface area contributed by atoms with E-state index in [1.54, 1.807) is 0 Å². The second kappa shape index (κ2) is 5.59. The lowest BCUT2D eigenvalue weighted by Gasteiger charge is -2.35. The summed E-state index contributed by atoms with van der Waals surface area (Å²) in [5.74, 6) is 0. The van der Waals surface area contributed by atoms with Gasteiger partial charge in [-0.05, 0) is 23.9 Å². The van der Waals surface area contributed by atoms with Gasteiger partial charge in [0, 0.05) is 31.1 Å². The van der Waals surface area contributed by atoms with Crippen LogP contribution in [0.2, 0.25) is 0 Å². The van der Waals surface area contributed by atoms with Crippen LogP contribution in [0.5, 0.6) is 0 Å². The van der Waals surface area contributed by atoms with Crippen LogP contribution in [0.25, 0.3) is 0 Å². The zero-order valence-electron chi connectivity index (χ0n) is 10.3. The van der Waals surface area contributed by atoms with Gasteiger partial charge in [0.05, 0.1) is 12.5 Å². The molecule has 18 heavy (non-hydrogen) atoms. The molecule has 1 N–H and O–H groups in total. The third-order valence-corrected chi connectivity index (χ3v) is 4.34. The molecule has 1 aromatic rings. The largest absolute Gasteiger partial charge is 0.390 e. The number of nitrogens with zero attached hydrogens (tertiary/aromatic N) is 1. The van der Waals surface area contributed by atoms with Crippen molar-refractivity contribution in [1.29, 1.82) is 0 Å². The molecule has 2 rings (SSSR count). The van der Waals surface area contributed by atoms with E-state index in [9.17, 15) is 13.2 Å². The predicted octanol–water partition coefficient (Wildman–Crippen LogP) is 2.96. The lowest BCUT2D eigenvalue weighted by atomic mass is 10.1. The fourth-order valence-corrected chi connectivity index (χ4v) is 3.39. The topological polar surface area (TPSA) is 15.3 Å². The zero-order chi connectivity index (χ0) is 13.2. The van der Waals surface area contributed by atoms with E-state index in [1.165, 1.54) is 11.3 Å². The van der Waals surface area contributed by atoms with E-state index in [1.807, 2.05) is 23.3 Å². The summed E-state index contributed by atoms with van der Waals surface area (Å²) in [6.45, 7) is 4.77. The molecular weight excluding hydrogens is 261 g/mol. The SMILES string of the molecule is Cc1ccsc1[C@@H](CC(F)(F)F)N1CCNCC1. The molecule has 0 bridgehead atoms. The normalized spacial score (nSPS) is 20.0. The van der Waals surface area contributed by atoms with Crippen molar-refractivity contribution in [1.82, 2.24) is 10.2 Å². The summed E-state index contributed by atoms with van der Waals surface area (Å²) in [5.41, 5.74) is 0.966. The quantitative estimate of drug-likeness (QED) is 0.914. The minimum Gasteiger partial charge on any atom is -0.314 e. The van der Waals surface area contributed by atoms with Crippen molar-refractivity contribution in [2.45, 2.75) is 25.6 Å². The second-order valence-electron chi connectivity index (χ2n) is 4.59. The number of rotatable bonds is 3. The van der Waals surface area contributed by atoms with Gasteiger partial charge in [0.25, 0.3) is 0 Å². The van der Waals surface area contributed by atoms with Gasteiger partial charge in [-0.25, -0.2) is 0 Å². The van der Waals surface area contributed by atoms with E-state index in [-0.39, 0.29) is 0 Å². The Hall–Kier alpha value is -0.590. The highest BCUT2D eigenvalue weighted by molar-refractivity contribution is 7.10. The van der Waals surface area contributed by atoms with E-state index < -0.39 is 18.6 Å². The van der Waals surface area contributed by atoms with E-state index in [4.69, 9.17) is 0 Å². The molecule has 1 aliphatic rings. The van der Waals surface area contributed by atoms with Gasteiger partial charge >= 0.3 is 6.18 Å². The van der Waals surface area contributed by atoms with Gasteiger partial charge in [-0.15, -0.1) is 11.3 Å². The van der Waals surface area contributed by atoms with Gasteiger partial charge in [0.1, 0.15) is 0 Å². The maximum Gasteiger partial charge on any atom is 0.390 e. The molecular formula is C12H17F3N2S. The smallest absolute Gasteiger partial charge is 0.314 e. The summed E-state index contributed by atoms with van der Waals surface area (Å²) in [6.07, 6.45) is -4.87. The number of alkyl halides is 3. The first kappa shape index (κ1) is 13.8. The summed E-state index contributed by atoms with van der Waals surface area (Å²) in [6, 6.07) is 1.37. The van der Waals surface area contributed by atoms with Gasteiger partial charge in [0.15, 0.2) is 0 Å². The fourth-order valence-electron chi connectivity index (χ4n) is 2.33. The Balaban J connectivity index is 2.19. The van der Waals surface area contributed by atoms with Crippen LogP contribution in [0.15, 0.2) is 11.4 Å². The molecule has 0 unspecified atom stereocenters. The first-order chi connectivity index (χ1) is 8.47. The highest BCUT2D eigenvalue weighted by Crippen LogP contribution is 2.37. The molecule has 0 aliphatic carbocycles. The monoisotopic (exact) mass is 278 g/mol. The lowest BCUT2D eigenvalue weighted by Crippen LogP contribution is -2.46. The molecule has 2 heterocycles. The van der Waals surface area contributed by atoms with Gasteiger partial charge in [-0.2, -0.15) is 13.2 Å². The minimum atomic E-state index is -4.12. The Kier molecular flexibility index (Phi) is 4.29. The standard InChI is InChI=1S/C12H17F3N2S/c1-9-2-7-18-11(9)10(8-12(13,14)15)17-5-3-16-4-6-17/h2,7,10,16H,3-6,8H2,1H3/t10-/m1/s1. The predicted molar refractivity (Wildman–Crippen MR) is 66.9 cm³/mol. The Morgan fingerprint density at radius 2 is 2.06 bits per heavy atom. The minimum absolute atomic E-state index is 0.521. The Morgan fingerprint density at radius 1 is 1.39 bits per heavy atom. The Labute approximate surface area is 109 Å². The molecule has 102 valence electrons. The molecule has 0 aromatic carbocycles. The van der Waals surface area contributed by atoms with Crippen molar-refractivity contribution in [3.63, 3.8) is 0 Å². The molecule has 1 aromatic heterocycles. The summed E-state index contributed by atoms with van der Waals surface area (Å²) in [5, 5.41) is 5.04. The van der Waals surface area contributed by atoms with Crippen LogP contribution in [0.3, 0.4) is 0 Å². The number of hydrogen-bond donors (Lipinski definition) is 1. The summed E-state index contributed by atoms with van der Waals surface area (Å²) in [7, 11) is 0. The van der Waals surface area contributed by atoms with E-state index in [2.05, 4.69) is 5.32 Å². The number of halogens is 3. The van der Waals surface area contributed by atoms with E-state index >= 15 is 0 Å². The number of aryl methyl sites for hydroxylation is 1. The zero-order valence-corrected chi connectivity index (χ0v) is 11.1. The van der Waals surface area contributed by atoms with E-state index in [0.29, 0.717) is 13.1 Å². The molecule has 1 saturated heterocycles.